The predicted octanol–water partition coefficient (Wildman–Crippen LogP) is 2.30. The Bertz CT molecular complexity index is 436. The molecule has 1 heterocycles. The number of carbonyl (C=O) groups is 1. The molecule has 110 valence electrons. The van der Waals surface area contributed by atoms with Crippen molar-refractivity contribution in [2.75, 3.05) is 31.2 Å². The van der Waals surface area contributed by atoms with Crippen molar-refractivity contribution in [2.24, 2.45) is 5.92 Å². The van der Waals surface area contributed by atoms with E-state index in [9.17, 15) is 4.79 Å². The Morgan fingerprint density at radius 1 is 1.15 bits per heavy atom. The average molecular weight is 276 g/mol. The van der Waals surface area contributed by atoms with Crippen molar-refractivity contribution in [3.8, 4) is 0 Å². The van der Waals surface area contributed by atoms with Crippen molar-refractivity contribution < 1.29 is 9.53 Å². The van der Waals surface area contributed by atoms with Gasteiger partial charge in [0.1, 0.15) is 0 Å². The minimum absolute atomic E-state index is 0.000252. The maximum Gasteiger partial charge on any atom is 0.251 e. The van der Waals surface area contributed by atoms with Crippen molar-refractivity contribution in [2.45, 2.75) is 26.8 Å². The second-order valence-electron chi connectivity index (χ2n) is 5.65. The maximum atomic E-state index is 12.1. The summed E-state index contributed by atoms with van der Waals surface area (Å²) in [7, 11) is 0. The third-order valence-electron chi connectivity index (χ3n) is 3.86. The van der Waals surface area contributed by atoms with E-state index in [1.807, 2.05) is 31.2 Å². The molecule has 1 aromatic rings. The molecule has 1 fully saturated rings. The molecule has 4 nitrogen and oxygen atoms in total. The second kappa shape index (κ2) is 6.75. The van der Waals surface area contributed by atoms with Crippen LogP contribution < -0.4 is 10.2 Å². The Morgan fingerprint density at radius 3 is 2.30 bits per heavy atom. The van der Waals surface area contributed by atoms with Crippen LogP contribution in [0.4, 0.5) is 5.69 Å². The summed E-state index contributed by atoms with van der Waals surface area (Å²) in [5, 5.41) is 3.02. The van der Waals surface area contributed by atoms with Crippen LogP contribution in [0.5, 0.6) is 0 Å². The largest absolute Gasteiger partial charge is 0.378 e. The van der Waals surface area contributed by atoms with Gasteiger partial charge in [-0.15, -0.1) is 0 Å². The number of amides is 1. The fourth-order valence-electron chi connectivity index (χ4n) is 2.10. The summed E-state index contributed by atoms with van der Waals surface area (Å²) in [4.78, 5) is 14.4. The van der Waals surface area contributed by atoms with Gasteiger partial charge in [0.2, 0.25) is 0 Å². The monoisotopic (exact) mass is 276 g/mol. The third-order valence-corrected chi connectivity index (χ3v) is 3.86. The number of rotatable bonds is 4. The first-order valence-corrected chi connectivity index (χ1v) is 7.31. The van der Waals surface area contributed by atoms with Gasteiger partial charge in [-0.2, -0.15) is 0 Å². The van der Waals surface area contributed by atoms with E-state index in [0.29, 0.717) is 5.92 Å². The van der Waals surface area contributed by atoms with Gasteiger partial charge in [0.15, 0.2) is 0 Å². The molecular weight excluding hydrogens is 252 g/mol. The van der Waals surface area contributed by atoms with E-state index >= 15 is 0 Å². The quantitative estimate of drug-likeness (QED) is 0.917. The highest BCUT2D eigenvalue weighted by molar-refractivity contribution is 5.94. The van der Waals surface area contributed by atoms with Crippen LogP contribution in [-0.2, 0) is 4.74 Å². The van der Waals surface area contributed by atoms with Crippen LogP contribution in [0.2, 0.25) is 0 Å². The molecule has 20 heavy (non-hydrogen) atoms. The normalized spacial score (nSPS) is 17.1. The fourth-order valence-corrected chi connectivity index (χ4v) is 2.10. The molecule has 1 aliphatic heterocycles. The molecule has 4 heteroatoms. The Labute approximate surface area is 121 Å². The number of morpholine rings is 1. The lowest BCUT2D eigenvalue weighted by molar-refractivity contribution is 0.0930. The zero-order valence-corrected chi connectivity index (χ0v) is 12.6. The van der Waals surface area contributed by atoms with E-state index in [1.54, 1.807) is 0 Å². The molecule has 1 amide bonds. The zero-order valence-electron chi connectivity index (χ0n) is 12.6. The standard InChI is InChI=1S/C16H24N2O2/c1-12(2)13(3)17-16(19)14-4-6-15(7-5-14)18-8-10-20-11-9-18/h4-7,12-13H,8-11H2,1-3H3,(H,17,19)/t13-/m1/s1. The Morgan fingerprint density at radius 2 is 1.75 bits per heavy atom. The lowest BCUT2D eigenvalue weighted by Crippen LogP contribution is -2.37. The summed E-state index contributed by atoms with van der Waals surface area (Å²) in [5.41, 5.74) is 1.87. The zero-order chi connectivity index (χ0) is 14.5. The molecule has 0 aromatic heterocycles. The van der Waals surface area contributed by atoms with Crippen LogP contribution in [0, 0.1) is 5.92 Å². The number of carbonyl (C=O) groups excluding carboxylic acids is 1. The number of hydrogen-bond donors (Lipinski definition) is 1. The van der Waals surface area contributed by atoms with Gasteiger partial charge in [0.25, 0.3) is 5.91 Å². The SMILES string of the molecule is CC(C)[C@@H](C)NC(=O)c1ccc(N2CCOCC2)cc1. The first-order chi connectivity index (χ1) is 9.58. The van der Waals surface area contributed by atoms with Crippen molar-refractivity contribution in [1.29, 1.82) is 0 Å². The smallest absolute Gasteiger partial charge is 0.251 e. The molecule has 1 saturated heterocycles. The molecule has 1 atom stereocenters. The summed E-state index contributed by atoms with van der Waals surface area (Å²) in [6, 6.07) is 8.00. The molecule has 1 N–H and O–H groups in total. The van der Waals surface area contributed by atoms with Crippen molar-refractivity contribution in [3.63, 3.8) is 0 Å². The first kappa shape index (κ1) is 14.9. The maximum absolute atomic E-state index is 12.1. The predicted molar refractivity (Wildman–Crippen MR) is 81.2 cm³/mol. The van der Waals surface area contributed by atoms with Gasteiger partial charge in [-0.1, -0.05) is 13.8 Å². The van der Waals surface area contributed by atoms with Crippen molar-refractivity contribution >= 4 is 11.6 Å². The number of benzene rings is 1. The minimum Gasteiger partial charge on any atom is -0.378 e. The Hall–Kier alpha value is -1.55. The van der Waals surface area contributed by atoms with E-state index < -0.39 is 0 Å². The van der Waals surface area contributed by atoms with Gasteiger partial charge in [-0.05, 0) is 37.1 Å². The Kier molecular flexibility index (Phi) is 5.01. The van der Waals surface area contributed by atoms with Crippen LogP contribution in [0.15, 0.2) is 24.3 Å². The molecule has 2 rings (SSSR count). The third kappa shape index (κ3) is 3.73. The number of anilines is 1. The van der Waals surface area contributed by atoms with Gasteiger partial charge >= 0.3 is 0 Å². The lowest BCUT2D eigenvalue weighted by atomic mass is 10.1. The van der Waals surface area contributed by atoms with Gasteiger partial charge in [-0.3, -0.25) is 4.79 Å². The van der Waals surface area contributed by atoms with E-state index in [-0.39, 0.29) is 11.9 Å². The molecule has 0 radical (unpaired) electrons. The number of nitrogens with one attached hydrogen (secondary N) is 1. The second-order valence-corrected chi connectivity index (χ2v) is 5.65. The number of nitrogens with zero attached hydrogens (tertiary/aromatic N) is 1. The summed E-state index contributed by atoms with van der Waals surface area (Å²) in [5.74, 6) is 0.436. The van der Waals surface area contributed by atoms with Crippen molar-refractivity contribution in [1.82, 2.24) is 5.32 Å². The molecule has 1 aromatic carbocycles. The van der Waals surface area contributed by atoms with Gasteiger partial charge in [0, 0.05) is 30.4 Å². The van der Waals surface area contributed by atoms with Crippen molar-refractivity contribution in [3.05, 3.63) is 29.8 Å². The summed E-state index contributed by atoms with van der Waals surface area (Å²) in [6.45, 7) is 9.61. The van der Waals surface area contributed by atoms with Crippen LogP contribution >= 0.6 is 0 Å². The highest BCUT2D eigenvalue weighted by atomic mass is 16.5. The number of hydrogen-bond acceptors (Lipinski definition) is 3. The summed E-state index contributed by atoms with van der Waals surface area (Å²) in [6.07, 6.45) is 0. The summed E-state index contributed by atoms with van der Waals surface area (Å²) < 4.78 is 5.34. The van der Waals surface area contributed by atoms with E-state index in [1.165, 1.54) is 0 Å². The molecule has 0 unspecified atom stereocenters. The van der Waals surface area contributed by atoms with Crippen LogP contribution in [0.3, 0.4) is 0 Å². The van der Waals surface area contributed by atoms with E-state index in [0.717, 1.165) is 37.6 Å². The average Bonchev–Trinajstić information content (AvgIpc) is 2.48. The van der Waals surface area contributed by atoms with Crippen LogP contribution in [-0.4, -0.2) is 38.3 Å². The molecule has 1 aliphatic rings. The van der Waals surface area contributed by atoms with Gasteiger partial charge in [-0.25, -0.2) is 0 Å². The topological polar surface area (TPSA) is 41.6 Å². The van der Waals surface area contributed by atoms with Crippen LogP contribution in [0.25, 0.3) is 0 Å². The fraction of sp³-hybridized carbons (Fsp3) is 0.562. The highest BCUT2D eigenvalue weighted by Crippen LogP contribution is 2.16. The molecule has 0 saturated carbocycles. The minimum atomic E-state index is -0.000252. The summed E-state index contributed by atoms with van der Waals surface area (Å²) >= 11 is 0. The van der Waals surface area contributed by atoms with Crippen LogP contribution in [0.1, 0.15) is 31.1 Å². The van der Waals surface area contributed by atoms with E-state index in [2.05, 4.69) is 24.1 Å². The first-order valence-electron chi connectivity index (χ1n) is 7.31. The molecule has 0 bridgehead atoms. The highest BCUT2D eigenvalue weighted by Gasteiger charge is 2.14. The molecule has 0 spiro atoms. The van der Waals surface area contributed by atoms with Gasteiger partial charge in [0.05, 0.1) is 13.2 Å². The van der Waals surface area contributed by atoms with E-state index in [4.69, 9.17) is 4.74 Å². The van der Waals surface area contributed by atoms with Gasteiger partial charge < -0.3 is 15.0 Å². The molecule has 0 aliphatic carbocycles. The number of ether oxygens (including phenoxy) is 1. The Balaban J connectivity index is 1.98. The lowest BCUT2D eigenvalue weighted by Gasteiger charge is -2.28. The molecular formula is C16H24N2O2.